The number of hydrogen-bond donors (Lipinski definition) is 2. The summed E-state index contributed by atoms with van der Waals surface area (Å²) in [5.41, 5.74) is -3.39. The fourth-order valence-electron chi connectivity index (χ4n) is 1.95. The predicted molar refractivity (Wildman–Crippen MR) is 62.1 cm³/mol. The summed E-state index contributed by atoms with van der Waals surface area (Å²) >= 11 is 0. The summed E-state index contributed by atoms with van der Waals surface area (Å²) in [7, 11) is 0. The van der Waals surface area contributed by atoms with Gasteiger partial charge in [-0.1, -0.05) is 0 Å². The van der Waals surface area contributed by atoms with E-state index in [1.807, 2.05) is 0 Å². The van der Waals surface area contributed by atoms with E-state index in [0.717, 1.165) is 0 Å². The van der Waals surface area contributed by atoms with Crippen LogP contribution in [0.5, 0.6) is 0 Å². The van der Waals surface area contributed by atoms with E-state index in [1.165, 1.54) is 0 Å². The van der Waals surface area contributed by atoms with Crippen molar-refractivity contribution in [2.45, 2.75) is 6.54 Å². The summed E-state index contributed by atoms with van der Waals surface area (Å²) in [6.07, 6.45) is 0.628. The molecule has 1 aromatic carbocycles. The number of hydrogen-bond acceptors (Lipinski definition) is 3. The molecule has 0 aliphatic carbocycles. The minimum absolute atomic E-state index is 0.446. The van der Waals surface area contributed by atoms with Crippen molar-refractivity contribution in [3.63, 3.8) is 0 Å². The molecule has 2 rings (SSSR count). The van der Waals surface area contributed by atoms with Gasteiger partial charge in [0.2, 0.25) is 5.43 Å². The number of benzene rings is 1. The number of pyridine rings is 1. The maximum Gasteiger partial charge on any atom is 0.341 e. The zero-order valence-electron chi connectivity index (χ0n) is 10.2. The minimum Gasteiger partial charge on any atom is -0.477 e. The number of fused-ring (bicyclic) bond motifs is 1. The smallest absolute Gasteiger partial charge is 0.341 e. The number of aliphatic hydroxyl groups excluding tert-OH is 1. The highest BCUT2D eigenvalue weighted by atomic mass is 19.2. The molecule has 21 heavy (non-hydrogen) atoms. The van der Waals surface area contributed by atoms with E-state index in [2.05, 4.69) is 0 Å². The standard InChI is InChI=1S/C12H7F4NO4/c13-6-5-10(9(16)8(15)7(6)14)17(1-2-18)3-4(11(5)19)12(20)21/h3,18H,1-2H2,(H,20,21). The molecule has 0 unspecified atom stereocenters. The molecular weight excluding hydrogens is 298 g/mol. The van der Waals surface area contributed by atoms with Crippen molar-refractivity contribution in [1.29, 1.82) is 0 Å². The van der Waals surface area contributed by atoms with Gasteiger partial charge in [0.15, 0.2) is 23.3 Å². The third-order valence-corrected chi connectivity index (χ3v) is 2.86. The summed E-state index contributed by atoms with van der Waals surface area (Å²) < 4.78 is 54.6. The van der Waals surface area contributed by atoms with Gasteiger partial charge in [-0.05, 0) is 0 Å². The number of nitrogens with zero attached hydrogens (tertiary/aromatic N) is 1. The summed E-state index contributed by atoms with van der Waals surface area (Å²) in [5, 5.41) is 16.5. The molecule has 0 fully saturated rings. The highest BCUT2D eigenvalue weighted by Crippen LogP contribution is 2.25. The van der Waals surface area contributed by atoms with E-state index in [-0.39, 0.29) is 0 Å². The minimum atomic E-state index is -2.21. The van der Waals surface area contributed by atoms with E-state index in [1.54, 1.807) is 0 Å². The fraction of sp³-hybridized carbons (Fsp3) is 0.167. The third-order valence-electron chi connectivity index (χ3n) is 2.86. The Labute approximate surface area is 113 Å². The number of aliphatic hydroxyl groups is 1. The zero-order chi connectivity index (χ0) is 15.9. The number of carboxylic acids is 1. The SMILES string of the molecule is O=C(O)c1cn(CCO)c2c(F)c(F)c(F)c(F)c2c1=O. The molecule has 2 aromatic rings. The van der Waals surface area contributed by atoms with Crippen LogP contribution >= 0.6 is 0 Å². The van der Waals surface area contributed by atoms with Crippen LogP contribution in [0.1, 0.15) is 10.4 Å². The van der Waals surface area contributed by atoms with Gasteiger partial charge in [-0.3, -0.25) is 4.79 Å². The van der Waals surface area contributed by atoms with Crippen molar-refractivity contribution in [3.05, 3.63) is 45.3 Å². The average molecular weight is 305 g/mol. The summed E-state index contributed by atoms with van der Waals surface area (Å²) in [6, 6.07) is 0. The largest absolute Gasteiger partial charge is 0.477 e. The quantitative estimate of drug-likeness (QED) is 0.508. The fourth-order valence-corrected chi connectivity index (χ4v) is 1.95. The Bertz CT molecular complexity index is 815. The Hall–Kier alpha value is -2.42. The number of rotatable bonds is 3. The van der Waals surface area contributed by atoms with Crippen LogP contribution in [0.3, 0.4) is 0 Å². The second-order valence-electron chi connectivity index (χ2n) is 4.07. The molecule has 0 aliphatic heterocycles. The molecule has 2 N–H and O–H groups in total. The Morgan fingerprint density at radius 1 is 1.10 bits per heavy atom. The lowest BCUT2D eigenvalue weighted by Crippen LogP contribution is -2.22. The molecule has 0 atom stereocenters. The highest BCUT2D eigenvalue weighted by molar-refractivity contribution is 5.93. The maximum atomic E-state index is 13.8. The van der Waals surface area contributed by atoms with E-state index >= 15 is 0 Å². The molecule has 0 amide bonds. The van der Waals surface area contributed by atoms with E-state index < -0.39 is 64.3 Å². The first-order valence-electron chi connectivity index (χ1n) is 5.54. The van der Waals surface area contributed by atoms with Crippen molar-refractivity contribution in [2.75, 3.05) is 6.61 Å². The van der Waals surface area contributed by atoms with Gasteiger partial charge in [-0.25, -0.2) is 22.4 Å². The van der Waals surface area contributed by atoms with Crippen molar-refractivity contribution < 1.29 is 32.6 Å². The van der Waals surface area contributed by atoms with E-state index in [0.29, 0.717) is 10.8 Å². The Balaban J connectivity index is 3.12. The summed E-state index contributed by atoms with van der Waals surface area (Å²) in [5.74, 6) is -9.92. The first kappa shape index (κ1) is 15.0. The molecule has 0 spiro atoms. The second-order valence-corrected chi connectivity index (χ2v) is 4.07. The van der Waals surface area contributed by atoms with Gasteiger partial charge in [0.05, 0.1) is 17.5 Å². The molecule has 1 aromatic heterocycles. The zero-order valence-corrected chi connectivity index (χ0v) is 10.2. The number of carboxylic acid groups (broad SMARTS) is 1. The molecule has 5 nitrogen and oxygen atoms in total. The van der Waals surface area contributed by atoms with Crippen LogP contribution in [0.2, 0.25) is 0 Å². The molecule has 112 valence electrons. The molecule has 0 saturated carbocycles. The lowest BCUT2D eigenvalue weighted by atomic mass is 10.1. The Morgan fingerprint density at radius 3 is 2.19 bits per heavy atom. The van der Waals surface area contributed by atoms with Crippen LogP contribution in [0.25, 0.3) is 10.9 Å². The molecular formula is C12H7F4NO4. The van der Waals surface area contributed by atoms with Crippen LogP contribution in [-0.4, -0.2) is 27.4 Å². The van der Waals surface area contributed by atoms with Gasteiger partial charge >= 0.3 is 5.97 Å². The van der Waals surface area contributed by atoms with Crippen molar-refractivity contribution in [1.82, 2.24) is 4.57 Å². The molecule has 0 bridgehead atoms. The lowest BCUT2D eigenvalue weighted by molar-refractivity contribution is 0.0694. The predicted octanol–water partition coefficient (Wildman–Crippen LogP) is 1.25. The van der Waals surface area contributed by atoms with Crippen LogP contribution in [0, 0.1) is 23.3 Å². The molecule has 0 aliphatic rings. The van der Waals surface area contributed by atoms with Crippen molar-refractivity contribution in [3.8, 4) is 0 Å². The average Bonchev–Trinajstić information content (AvgIpc) is 2.43. The first-order valence-corrected chi connectivity index (χ1v) is 5.54. The number of aromatic carboxylic acids is 1. The third kappa shape index (κ3) is 2.15. The van der Waals surface area contributed by atoms with Gasteiger partial charge in [0, 0.05) is 12.7 Å². The number of halogens is 4. The van der Waals surface area contributed by atoms with Gasteiger partial charge in [0.1, 0.15) is 5.56 Å². The molecule has 9 heteroatoms. The number of aromatic nitrogens is 1. The Morgan fingerprint density at radius 2 is 1.67 bits per heavy atom. The van der Waals surface area contributed by atoms with Crippen molar-refractivity contribution >= 4 is 16.9 Å². The highest BCUT2D eigenvalue weighted by Gasteiger charge is 2.26. The molecule has 1 heterocycles. The normalized spacial score (nSPS) is 11.1. The van der Waals surface area contributed by atoms with Crippen LogP contribution < -0.4 is 5.43 Å². The maximum absolute atomic E-state index is 13.8. The van der Waals surface area contributed by atoms with E-state index in [9.17, 15) is 27.2 Å². The monoisotopic (exact) mass is 305 g/mol. The second kappa shape index (κ2) is 5.17. The van der Waals surface area contributed by atoms with Crippen LogP contribution in [-0.2, 0) is 6.54 Å². The van der Waals surface area contributed by atoms with Crippen LogP contribution in [0.15, 0.2) is 11.0 Å². The summed E-state index contributed by atoms with van der Waals surface area (Å²) in [6.45, 7) is -1.07. The van der Waals surface area contributed by atoms with Gasteiger partial charge in [0.25, 0.3) is 0 Å². The molecule has 0 saturated heterocycles. The lowest BCUT2D eigenvalue weighted by Gasteiger charge is -2.13. The first-order chi connectivity index (χ1) is 9.81. The van der Waals surface area contributed by atoms with Gasteiger partial charge < -0.3 is 14.8 Å². The summed E-state index contributed by atoms with van der Waals surface area (Å²) in [4.78, 5) is 22.7. The van der Waals surface area contributed by atoms with Crippen molar-refractivity contribution in [2.24, 2.45) is 0 Å². The van der Waals surface area contributed by atoms with E-state index in [4.69, 9.17) is 10.2 Å². The Kier molecular flexibility index (Phi) is 3.69. The number of carbonyl (C=O) groups is 1. The van der Waals surface area contributed by atoms with Gasteiger partial charge in [-0.15, -0.1) is 0 Å². The topological polar surface area (TPSA) is 79.5 Å². The molecule has 0 radical (unpaired) electrons. The van der Waals surface area contributed by atoms with Crippen LogP contribution in [0.4, 0.5) is 17.6 Å². The van der Waals surface area contributed by atoms with Gasteiger partial charge in [-0.2, -0.15) is 0 Å².